The molecule has 2 heterocycles. The van der Waals surface area contributed by atoms with Crippen LogP contribution >= 0.6 is 0 Å². The van der Waals surface area contributed by atoms with E-state index in [4.69, 9.17) is 16.2 Å². The molecule has 0 spiro atoms. The lowest BCUT2D eigenvalue weighted by Gasteiger charge is -2.18. The molecule has 0 amide bonds. The number of esters is 1. The fourth-order valence-electron chi connectivity index (χ4n) is 2.67. The van der Waals surface area contributed by atoms with E-state index < -0.39 is 0 Å². The van der Waals surface area contributed by atoms with Gasteiger partial charge in [-0.2, -0.15) is 5.11 Å². The number of nitrogens with zero attached hydrogens (tertiary/aromatic N) is 4. The van der Waals surface area contributed by atoms with Crippen molar-refractivity contribution in [2.45, 2.75) is 18.9 Å². The smallest absolute Gasteiger partial charge is 0.328 e. The zero-order chi connectivity index (χ0) is 17.8. The summed E-state index contributed by atoms with van der Waals surface area (Å²) < 4.78 is 5.42. The first kappa shape index (κ1) is 16.8. The van der Waals surface area contributed by atoms with Crippen LogP contribution in [0.3, 0.4) is 0 Å². The Morgan fingerprint density at radius 3 is 2.68 bits per heavy atom. The van der Waals surface area contributed by atoms with Crippen LogP contribution in [-0.4, -0.2) is 35.5 Å². The third-order valence-corrected chi connectivity index (χ3v) is 4.06. The molecule has 1 fully saturated rings. The number of carbonyl (C=O) groups excluding carboxylic acids is 1. The van der Waals surface area contributed by atoms with E-state index in [1.54, 1.807) is 12.1 Å². The molecule has 1 unspecified atom stereocenters. The van der Waals surface area contributed by atoms with E-state index in [1.807, 2.05) is 30.1 Å². The Hall–Kier alpha value is -3.00. The SMILES string of the molecule is CN1CCCC1C(=O)Oc1cc(/N=N/c2ccccc2)c(N)nc1N. The number of azo groups is 1. The Bertz CT molecular complexity index is 793. The molecule has 1 aromatic heterocycles. The van der Waals surface area contributed by atoms with Gasteiger partial charge in [-0.05, 0) is 38.6 Å². The van der Waals surface area contributed by atoms with E-state index in [9.17, 15) is 4.79 Å². The van der Waals surface area contributed by atoms with Gasteiger partial charge in [-0.1, -0.05) is 18.2 Å². The van der Waals surface area contributed by atoms with Crippen LogP contribution in [0.2, 0.25) is 0 Å². The van der Waals surface area contributed by atoms with Crippen LogP contribution < -0.4 is 16.2 Å². The molecule has 25 heavy (non-hydrogen) atoms. The maximum absolute atomic E-state index is 12.3. The van der Waals surface area contributed by atoms with Crippen molar-refractivity contribution in [2.75, 3.05) is 25.1 Å². The Morgan fingerprint density at radius 2 is 2.00 bits per heavy atom. The lowest BCUT2D eigenvalue weighted by Crippen LogP contribution is -2.36. The average Bonchev–Trinajstić information content (AvgIpc) is 3.03. The minimum Gasteiger partial charge on any atom is -0.421 e. The van der Waals surface area contributed by atoms with Crippen molar-refractivity contribution in [3.8, 4) is 5.75 Å². The Balaban J connectivity index is 1.80. The quantitative estimate of drug-likeness (QED) is 0.652. The molecule has 1 aliphatic heterocycles. The molecule has 130 valence electrons. The average molecular weight is 340 g/mol. The summed E-state index contributed by atoms with van der Waals surface area (Å²) in [6.45, 7) is 0.867. The zero-order valence-electron chi connectivity index (χ0n) is 13.9. The highest BCUT2D eigenvalue weighted by molar-refractivity contribution is 5.80. The van der Waals surface area contributed by atoms with Crippen molar-refractivity contribution in [3.05, 3.63) is 36.4 Å². The topological polar surface area (TPSA) is 119 Å². The summed E-state index contributed by atoms with van der Waals surface area (Å²) in [5.74, 6) is -0.0501. The summed E-state index contributed by atoms with van der Waals surface area (Å²) in [6.07, 6.45) is 1.72. The number of ether oxygens (including phenoxy) is 1. The van der Waals surface area contributed by atoms with Crippen molar-refractivity contribution in [2.24, 2.45) is 10.2 Å². The van der Waals surface area contributed by atoms with Crippen molar-refractivity contribution in [1.29, 1.82) is 0 Å². The highest BCUT2D eigenvalue weighted by atomic mass is 16.5. The first-order valence-corrected chi connectivity index (χ1v) is 7.99. The summed E-state index contributed by atoms with van der Waals surface area (Å²) in [5.41, 5.74) is 12.6. The van der Waals surface area contributed by atoms with Crippen molar-refractivity contribution < 1.29 is 9.53 Å². The van der Waals surface area contributed by atoms with Gasteiger partial charge in [0.1, 0.15) is 11.7 Å². The minimum atomic E-state index is -0.357. The molecule has 0 radical (unpaired) electrons. The fraction of sp³-hybridized carbons (Fsp3) is 0.294. The lowest BCUT2D eigenvalue weighted by atomic mass is 10.2. The molecule has 1 saturated heterocycles. The van der Waals surface area contributed by atoms with Crippen molar-refractivity contribution in [3.63, 3.8) is 0 Å². The van der Waals surface area contributed by atoms with E-state index in [2.05, 4.69) is 15.2 Å². The molecule has 8 nitrogen and oxygen atoms in total. The van der Waals surface area contributed by atoms with Crippen LogP contribution in [-0.2, 0) is 4.79 Å². The second-order valence-electron chi connectivity index (χ2n) is 5.87. The largest absolute Gasteiger partial charge is 0.421 e. The van der Waals surface area contributed by atoms with Gasteiger partial charge in [0.15, 0.2) is 17.4 Å². The maximum Gasteiger partial charge on any atom is 0.328 e. The Kier molecular flexibility index (Phi) is 4.90. The van der Waals surface area contributed by atoms with Gasteiger partial charge in [0.2, 0.25) is 0 Å². The van der Waals surface area contributed by atoms with Crippen LogP contribution in [0.25, 0.3) is 0 Å². The molecule has 0 aliphatic carbocycles. The minimum absolute atomic E-state index is 0.0464. The monoisotopic (exact) mass is 340 g/mol. The molecule has 3 rings (SSSR count). The Labute approximate surface area is 145 Å². The highest BCUT2D eigenvalue weighted by Gasteiger charge is 2.30. The Morgan fingerprint density at radius 1 is 1.24 bits per heavy atom. The third kappa shape index (κ3) is 3.92. The third-order valence-electron chi connectivity index (χ3n) is 4.06. The molecule has 4 N–H and O–H groups in total. The first-order valence-electron chi connectivity index (χ1n) is 7.99. The number of nitrogen functional groups attached to an aromatic ring is 2. The second kappa shape index (κ2) is 7.27. The fourth-order valence-corrected chi connectivity index (χ4v) is 2.67. The number of carbonyl (C=O) groups is 1. The van der Waals surface area contributed by atoms with Crippen LogP contribution in [0.15, 0.2) is 46.6 Å². The van der Waals surface area contributed by atoms with Gasteiger partial charge >= 0.3 is 5.97 Å². The van der Waals surface area contributed by atoms with Crippen LogP contribution in [0, 0.1) is 0 Å². The standard InChI is InChI=1S/C17H20N6O2/c1-23-9-5-8-13(23)17(24)25-14-10-12(15(18)20-16(14)19)22-21-11-6-3-2-4-7-11/h2-4,6-7,10,13H,5,8-9H2,1H3,(H4,18,19,20)/b22-21+. The molecule has 1 aromatic carbocycles. The molecular formula is C17H20N6O2. The van der Waals surface area contributed by atoms with Crippen molar-refractivity contribution in [1.82, 2.24) is 9.88 Å². The zero-order valence-corrected chi connectivity index (χ0v) is 13.9. The number of likely N-dealkylation sites (tertiary alicyclic amines) is 1. The molecule has 0 bridgehead atoms. The van der Waals surface area contributed by atoms with Crippen LogP contribution in [0.4, 0.5) is 23.0 Å². The number of likely N-dealkylation sites (N-methyl/N-ethyl adjacent to an activating group) is 1. The van der Waals surface area contributed by atoms with Crippen molar-refractivity contribution >= 4 is 29.0 Å². The number of rotatable bonds is 4. The predicted molar refractivity (Wildman–Crippen MR) is 95.0 cm³/mol. The molecule has 0 saturated carbocycles. The summed E-state index contributed by atoms with van der Waals surface area (Å²) in [5, 5.41) is 8.17. The van der Waals surface area contributed by atoms with Gasteiger partial charge in [0.05, 0.1) is 5.69 Å². The first-order chi connectivity index (χ1) is 12.0. The molecule has 2 aromatic rings. The lowest BCUT2D eigenvalue weighted by molar-refractivity contribution is -0.138. The highest BCUT2D eigenvalue weighted by Crippen LogP contribution is 2.32. The molecular weight excluding hydrogens is 320 g/mol. The van der Waals surface area contributed by atoms with Gasteiger partial charge in [0, 0.05) is 6.07 Å². The number of nitrogens with two attached hydrogens (primary N) is 2. The number of anilines is 2. The van der Waals surface area contributed by atoms with E-state index in [1.165, 1.54) is 6.07 Å². The number of benzene rings is 1. The van der Waals surface area contributed by atoms with Gasteiger partial charge in [-0.15, -0.1) is 5.11 Å². The molecule has 1 atom stereocenters. The van der Waals surface area contributed by atoms with Gasteiger partial charge in [-0.3, -0.25) is 4.90 Å². The van der Waals surface area contributed by atoms with Gasteiger partial charge in [0.25, 0.3) is 0 Å². The van der Waals surface area contributed by atoms with Crippen LogP contribution in [0.5, 0.6) is 5.75 Å². The number of pyridine rings is 1. The summed E-state index contributed by atoms with van der Waals surface area (Å²) in [4.78, 5) is 18.3. The van der Waals surface area contributed by atoms with Crippen LogP contribution in [0.1, 0.15) is 12.8 Å². The van der Waals surface area contributed by atoms with E-state index in [0.717, 1.165) is 19.4 Å². The maximum atomic E-state index is 12.3. The van der Waals surface area contributed by atoms with E-state index in [-0.39, 0.29) is 29.4 Å². The van der Waals surface area contributed by atoms with Gasteiger partial charge < -0.3 is 16.2 Å². The van der Waals surface area contributed by atoms with Gasteiger partial charge in [-0.25, -0.2) is 9.78 Å². The van der Waals surface area contributed by atoms with E-state index in [0.29, 0.717) is 11.4 Å². The molecule has 8 heteroatoms. The summed E-state index contributed by atoms with van der Waals surface area (Å²) in [6, 6.07) is 10.4. The van der Waals surface area contributed by atoms with E-state index >= 15 is 0 Å². The summed E-state index contributed by atoms with van der Waals surface area (Å²) >= 11 is 0. The number of aromatic nitrogens is 1. The normalized spacial score (nSPS) is 17.9. The predicted octanol–water partition coefficient (Wildman–Crippen LogP) is 2.66. The number of hydrogen-bond acceptors (Lipinski definition) is 8. The second-order valence-corrected chi connectivity index (χ2v) is 5.87. The number of hydrogen-bond donors (Lipinski definition) is 2. The molecule has 1 aliphatic rings. The summed E-state index contributed by atoms with van der Waals surface area (Å²) in [7, 11) is 1.89.